The van der Waals surface area contributed by atoms with Crippen LogP contribution in [0.5, 0.6) is 0 Å². The highest BCUT2D eigenvalue weighted by atomic mass is 35.5. The van der Waals surface area contributed by atoms with Crippen LogP contribution in [0.2, 0.25) is 5.02 Å². The first-order chi connectivity index (χ1) is 19.8. The Kier molecular flexibility index (Phi) is 6.77. The van der Waals surface area contributed by atoms with Crippen molar-refractivity contribution in [2.24, 2.45) is 5.92 Å². The van der Waals surface area contributed by atoms with E-state index in [4.69, 9.17) is 16.6 Å². The first-order valence-electron chi connectivity index (χ1n) is 14.7. The number of halogens is 1. The van der Waals surface area contributed by atoms with Crippen LogP contribution in [-0.2, 0) is 15.4 Å². The molecule has 41 heavy (non-hydrogen) atoms. The second kappa shape index (κ2) is 10.2. The van der Waals surface area contributed by atoms with Crippen LogP contribution in [0.15, 0.2) is 83.8 Å². The van der Waals surface area contributed by atoms with Crippen molar-refractivity contribution in [3.8, 4) is 0 Å². The molecule has 4 aromatic rings. The van der Waals surface area contributed by atoms with E-state index in [1.165, 1.54) is 18.4 Å². The van der Waals surface area contributed by atoms with Gasteiger partial charge in [0.2, 0.25) is 10.0 Å². The fourth-order valence-electron chi connectivity index (χ4n) is 7.95. The first kappa shape index (κ1) is 27.1. The van der Waals surface area contributed by atoms with Gasteiger partial charge in [0.25, 0.3) is 0 Å². The van der Waals surface area contributed by atoms with Crippen molar-refractivity contribution in [2.45, 2.75) is 67.5 Å². The molecule has 8 heteroatoms. The Morgan fingerprint density at radius 3 is 2.39 bits per heavy atom. The van der Waals surface area contributed by atoms with Gasteiger partial charge in [-0.05, 0) is 86.9 Å². The number of para-hydroxylation sites is 2. The maximum absolute atomic E-state index is 13.5. The molecule has 7 rings (SSSR count). The zero-order valence-corrected chi connectivity index (χ0v) is 25.2. The molecule has 4 atom stereocenters. The third-order valence-corrected chi connectivity index (χ3v) is 12.1. The third kappa shape index (κ3) is 4.71. The van der Waals surface area contributed by atoms with E-state index >= 15 is 0 Å². The van der Waals surface area contributed by atoms with Crippen LogP contribution < -0.4 is 0 Å². The maximum Gasteiger partial charge on any atom is 0.242 e. The van der Waals surface area contributed by atoms with Gasteiger partial charge in [-0.25, -0.2) is 17.7 Å². The normalized spacial score (nSPS) is 28.0. The Morgan fingerprint density at radius 2 is 1.66 bits per heavy atom. The first-order valence-corrected chi connectivity index (χ1v) is 16.5. The topological polar surface area (TPSA) is 58.4 Å². The van der Waals surface area contributed by atoms with E-state index in [1.807, 2.05) is 24.3 Å². The lowest BCUT2D eigenvalue weighted by Gasteiger charge is -2.40. The van der Waals surface area contributed by atoms with Crippen molar-refractivity contribution >= 4 is 32.7 Å². The van der Waals surface area contributed by atoms with E-state index in [0.29, 0.717) is 40.5 Å². The number of fused-ring (bicyclic) bond motifs is 3. The van der Waals surface area contributed by atoms with E-state index in [-0.39, 0.29) is 5.41 Å². The van der Waals surface area contributed by atoms with Gasteiger partial charge < -0.3 is 4.57 Å². The van der Waals surface area contributed by atoms with Crippen molar-refractivity contribution in [2.75, 3.05) is 20.1 Å². The third-order valence-electron chi connectivity index (χ3n) is 10.0. The molecular formula is C33H37ClN4O2S. The lowest BCUT2D eigenvalue weighted by Crippen LogP contribution is -2.45. The number of rotatable bonds is 8. The van der Waals surface area contributed by atoms with Crippen LogP contribution in [0, 0.1) is 12.8 Å². The quantitative estimate of drug-likeness (QED) is 0.237. The fourth-order valence-corrected chi connectivity index (χ4v) is 9.40. The highest BCUT2D eigenvalue weighted by molar-refractivity contribution is 7.89. The molecule has 1 aromatic heterocycles. The number of aryl methyl sites for hydroxylation is 1. The smallest absolute Gasteiger partial charge is 0.242 e. The van der Waals surface area contributed by atoms with Crippen LogP contribution in [0.25, 0.3) is 11.0 Å². The summed E-state index contributed by atoms with van der Waals surface area (Å²) in [6.45, 7) is 3.58. The van der Waals surface area contributed by atoms with E-state index in [2.05, 4.69) is 46.7 Å². The van der Waals surface area contributed by atoms with E-state index in [1.54, 1.807) is 35.6 Å². The number of imidazole rings is 1. The van der Waals surface area contributed by atoms with Gasteiger partial charge in [-0.15, -0.1) is 0 Å². The highest BCUT2D eigenvalue weighted by Crippen LogP contribution is 2.57. The molecule has 0 amide bonds. The summed E-state index contributed by atoms with van der Waals surface area (Å²) in [6, 6.07) is 26.9. The lowest BCUT2D eigenvalue weighted by molar-refractivity contribution is 0.0989. The number of piperidine rings is 1. The molecule has 1 saturated carbocycles. The van der Waals surface area contributed by atoms with Crippen molar-refractivity contribution < 1.29 is 8.42 Å². The summed E-state index contributed by atoms with van der Waals surface area (Å²) in [7, 11) is -1.87. The number of benzene rings is 3. The fraction of sp³-hybridized carbons (Fsp3) is 0.424. The molecule has 3 fully saturated rings. The van der Waals surface area contributed by atoms with Gasteiger partial charge in [-0.2, -0.15) is 0 Å². The molecule has 2 saturated heterocycles. The Labute approximate surface area is 248 Å². The lowest BCUT2D eigenvalue weighted by atomic mass is 9.91. The predicted molar refractivity (Wildman–Crippen MR) is 164 cm³/mol. The highest BCUT2D eigenvalue weighted by Gasteiger charge is 2.58. The summed E-state index contributed by atoms with van der Waals surface area (Å²) < 4.78 is 31.0. The molecule has 1 aliphatic carbocycles. The van der Waals surface area contributed by atoms with Crippen LogP contribution in [0.1, 0.15) is 49.5 Å². The summed E-state index contributed by atoms with van der Waals surface area (Å²) in [5, 5.41) is 0.699. The number of sulfonamides is 1. The molecule has 0 radical (unpaired) electrons. The van der Waals surface area contributed by atoms with Crippen LogP contribution in [0.4, 0.5) is 0 Å². The summed E-state index contributed by atoms with van der Waals surface area (Å²) in [5.41, 5.74) is 3.23. The largest absolute Gasteiger partial charge is 0.325 e. The van der Waals surface area contributed by atoms with E-state index in [9.17, 15) is 8.42 Å². The van der Waals surface area contributed by atoms with Crippen LogP contribution >= 0.6 is 11.6 Å². The molecule has 6 nitrogen and oxygen atoms in total. The SMILES string of the molecule is Cc1nc2ccccc2n1C1CC2CCC(C1)N2C[C@@H]1C[C@@]1(CN(C)S(=O)(=O)c1ccccc1)c1cccc(Cl)c1. The minimum Gasteiger partial charge on any atom is -0.325 e. The summed E-state index contributed by atoms with van der Waals surface area (Å²) in [6.07, 6.45) is 5.69. The van der Waals surface area contributed by atoms with Gasteiger partial charge in [0.15, 0.2) is 0 Å². The van der Waals surface area contributed by atoms with E-state index in [0.717, 1.165) is 42.7 Å². The zero-order chi connectivity index (χ0) is 28.4. The summed E-state index contributed by atoms with van der Waals surface area (Å²) in [5.74, 6) is 1.48. The number of hydrogen-bond acceptors (Lipinski definition) is 4. The average molecular weight is 589 g/mol. The van der Waals surface area contributed by atoms with Gasteiger partial charge in [0.05, 0.1) is 15.9 Å². The Morgan fingerprint density at radius 1 is 0.951 bits per heavy atom. The Hall–Kier alpha value is -2.71. The Balaban J connectivity index is 1.12. The standard InChI is InChI=1S/C33H37ClN4O2S/c1-23-35-31-13-6-7-14-32(31)38(23)29-18-27-15-16-28(19-29)37(27)21-25-20-33(25,24-9-8-10-26(34)17-24)22-36(2)41(39,40)30-11-4-3-5-12-30/h3-14,17,25,27-29H,15-16,18-22H2,1-2H3/t25-,27?,28?,29?,33+/m0/s1. The molecule has 214 valence electrons. The number of hydrogen-bond donors (Lipinski definition) is 0. The molecule has 2 unspecified atom stereocenters. The summed E-state index contributed by atoms with van der Waals surface area (Å²) >= 11 is 6.47. The molecule has 0 spiro atoms. The molecule has 2 aliphatic heterocycles. The van der Waals surface area contributed by atoms with Crippen molar-refractivity contribution in [3.63, 3.8) is 0 Å². The molecule has 3 heterocycles. The monoisotopic (exact) mass is 588 g/mol. The van der Waals surface area contributed by atoms with Crippen molar-refractivity contribution in [1.82, 2.24) is 18.8 Å². The number of likely N-dealkylation sites (N-methyl/N-ethyl adjacent to an activating group) is 1. The van der Waals surface area contributed by atoms with Crippen molar-refractivity contribution in [3.05, 3.63) is 95.3 Å². The summed E-state index contributed by atoms with van der Waals surface area (Å²) in [4.78, 5) is 7.94. The average Bonchev–Trinajstić information content (AvgIpc) is 3.47. The minimum absolute atomic E-state index is 0.241. The molecule has 3 aromatic carbocycles. The predicted octanol–water partition coefficient (Wildman–Crippen LogP) is 6.44. The van der Waals surface area contributed by atoms with Crippen LogP contribution in [-0.4, -0.2) is 59.4 Å². The van der Waals surface area contributed by atoms with Gasteiger partial charge in [0.1, 0.15) is 5.82 Å². The molecule has 3 aliphatic rings. The van der Waals surface area contributed by atoms with E-state index < -0.39 is 10.0 Å². The maximum atomic E-state index is 13.5. The molecule has 0 N–H and O–H groups in total. The van der Waals surface area contributed by atoms with Crippen molar-refractivity contribution in [1.29, 1.82) is 0 Å². The second-order valence-corrected chi connectivity index (χ2v) is 14.8. The number of nitrogens with zero attached hydrogens (tertiary/aromatic N) is 4. The van der Waals surface area contributed by atoms with Crippen LogP contribution in [0.3, 0.4) is 0 Å². The van der Waals surface area contributed by atoms with Gasteiger partial charge in [0, 0.05) is 48.7 Å². The van der Waals surface area contributed by atoms with Gasteiger partial charge in [-0.1, -0.05) is 54.1 Å². The molecule has 2 bridgehead atoms. The minimum atomic E-state index is -3.59. The number of aromatic nitrogens is 2. The molecular weight excluding hydrogens is 552 g/mol. The van der Waals surface area contributed by atoms with Gasteiger partial charge in [-0.3, -0.25) is 4.90 Å². The Bertz CT molecular complexity index is 1680. The second-order valence-electron chi connectivity index (χ2n) is 12.4. The van der Waals surface area contributed by atoms with Gasteiger partial charge >= 0.3 is 0 Å². The zero-order valence-electron chi connectivity index (χ0n) is 23.7.